The fourth-order valence-electron chi connectivity index (χ4n) is 2.53. The summed E-state index contributed by atoms with van der Waals surface area (Å²) in [5, 5.41) is 3.53. The first-order valence-electron chi connectivity index (χ1n) is 8.25. The average Bonchev–Trinajstić information content (AvgIpc) is 2.61. The molecule has 0 bridgehead atoms. The monoisotopic (exact) mass is 358 g/mol. The van der Waals surface area contributed by atoms with Crippen LogP contribution in [0.1, 0.15) is 42.2 Å². The highest BCUT2D eigenvalue weighted by Crippen LogP contribution is 2.21. The summed E-state index contributed by atoms with van der Waals surface area (Å²) in [5.41, 5.74) is 1.60. The minimum absolute atomic E-state index is 0.0247. The van der Waals surface area contributed by atoms with Gasteiger partial charge in [-0.1, -0.05) is 41.9 Å². The van der Waals surface area contributed by atoms with E-state index in [0.29, 0.717) is 10.6 Å². The lowest BCUT2D eigenvalue weighted by Crippen LogP contribution is -2.38. The van der Waals surface area contributed by atoms with E-state index in [0.717, 1.165) is 5.56 Å². The Hall–Kier alpha value is -2.33. The molecule has 0 spiro atoms. The molecule has 132 valence electrons. The van der Waals surface area contributed by atoms with Gasteiger partial charge in [0, 0.05) is 30.1 Å². The lowest BCUT2D eigenvalue weighted by atomic mass is 10.1. The lowest BCUT2D eigenvalue weighted by molar-refractivity contribution is -0.132. The molecule has 2 rings (SSSR count). The van der Waals surface area contributed by atoms with E-state index in [-0.39, 0.29) is 30.3 Å². The number of hydrogen-bond acceptors (Lipinski definition) is 2. The van der Waals surface area contributed by atoms with Crippen molar-refractivity contribution in [3.05, 3.63) is 70.7 Å². The molecule has 0 radical (unpaired) electrons. The van der Waals surface area contributed by atoms with Crippen LogP contribution in [0.5, 0.6) is 0 Å². The molecule has 2 aromatic rings. The molecule has 5 heteroatoms. The van der Waals surface area contributed by atoms with E-state index in [1.807, 2.05) is 56.3 Å². The van der Waals surface area contributed by atoms with Gasteiger partial charge in [-0.05, 0) is 43.7 Å². The van der Waals surface area contributed by atoms with E-state index in [1.165, 1.54) is 0 Å². The second-order valence-corrected chi connectivity index (χ2v) is 6.61. The molecule has 2 atom stereocenters. The number of rotatable bonds is 6. The fraction of sp³-hybridized carbons (Fsp3) is 0.300. The van der Waals surface area contributed by atoms with Crippen LogP contribution in [-0.4, -0.2) is 29.8 Å². The van der Waals surface area contributed by atoms with Gasteiger partial charge >= 0.3 is 0 Å². The molecule has 2 unspecified atom stereocenters. The Labute approximate surface area is 153 Å². The van der Waals surface area contributed by atoms with Crippen LogP contribution in [0.25, 0.3) is 0 Å². The quantitative estimate of drug-likeness (QED) is 0.846. The summed E-state index contributed by atoms with van der Waals surface area (Å²) in [7, 11) is 1.77. The molecule has 0 aromatic heterocycles. The van der Waals surface area contributed by atoms with Crippen LogP contribution in [0.4, 0.5) is 0 Å². The Balaban J connectivity index is 1.91. The second kappa shape index (κ2) is 8.67. The molecule has 0 aliphatic carbocycles. The number of hydrogen-bond donors (Lipinski definition) is 1. The first-order valence-corrected chi connectivity index (χ1v) is 8.63. The summed E-state index contributed by atoms with van der Waals surface area (Å²) < 4.78 is 0. The van der Waals surface area contributed by atoms with Crippen molar-refractivity contribution in [1.29, 1.82) is 0 Å². The lowest BCUT2D eigenvalue weighted by Gasteiger charge is -2.27. The summed E-state index contributed by atoms with van der Waals surface area (Å²) >= 11 is 5.91. The highest BCUT2D eigenvalue weighted by molar-refractivity contribution is 6.30. The van der Waals surface area contributed by atoms with Crippen LogP contribution in [0.3, 0.4) is 0 Å². The molecule has 0 fully saturated rings. The predicted octanol–water partition coefficient (Wildman–Crippen LogP) is 4.07. The summed E-state index contributed by atoms with van der Waals surface area (Å²) in [6.45, 7) is 3.80. The third kappa shape index (κ3) is 5.33. The fourth-order valence-corrected chi connectivity index (χ4v) is 2.66. The Morgan fingerprint density at radius 1 is 1.04 bits per heavy atom. The molecule has 0 heterocycles. The van der Waals surface area contributed by atoms with Crippen molar-refractivity contribution in [3.8, 4) is 0 Å². The first-order chi connectivity index (χ1) is 11.9. The van der Waals surface area contributed by atoms with Gasteiger partial charge in [0.2, 0.25) is 5.91 Å². The van der Waals surface area contributed by atoms with Crippen molar-refractivity contribution in [2.24, 2.45) is 0 Å². The largest absolute Gasteiger partial charge is 0.349 e. The molecule has 4 nitrogen and oxygen atoms in total. The van der Waals surface area contributed by atoms with E-state index in [1.54, 1.807) is 24.1 Å². The van der Waals surface area contributed by atoms with Crippen molar-refractivity contribution in [2.45, 2.75) is 32.4 Å². The van der Waals surface area contributed by atoms with Gasteiger partial charge in [-0.2, -0.15) is 0 Å². The van der Waals surface area contributed by atoms with Gasteiger partial charge in [-0.25, -0.2) is 0 Å². The molecule has 0 saturated carbocycles. The van der Waals surface area contributed by atoms with Gasteiger partial charge in [0.25, 0.3) is 5.91 Å². The number of carbonyl (C=O) groups is 2. The SMILES string of the molecule is CC(CC(=O)N(C)C(C)c1ccc(Cl)cc1)NC(=O)c1ccccc1. The minimum Gasteiger partial charge on any atom is -0.349 e. The first kappa shape index (κ1) is 19.0. The normalized spacial score (nSPS) is 13.0. The number of amides is 2. The van der Waals surface area contributed by atoms with Crippen molar-refractivity contribution in [2.75, 3.05) is 7.05 Å². The molecule has 2 aromatic carbocycles. The molecule has 25 heavy (non-hydrogen) atoms. The maximum absolute atomic E-state index is 12.5. The van der Waals surface area contributed by atoms with Gasteiger partial charge in [-0.3, -0.25) is 9.59 Å². The highest BCUT2D eigenvalue weighted by atomic mass is 35.5. The van der Waals surface area contributed by atoms with E-state index in [9.17, 15) is 9.59 Å². The number of benzene rings is 2. The van der Waals surface area contributed by atoms with E-state index >= 15 is 0 Å². The third-order valence-electron chi connectivity index (χ3n) is 4.22. The van der Waals surface area contributed by atoms with E-state index < -0.39 is 0 Å². The topological polar surface area (TPSA) is 49.4 Å². The van der Waals surface area contributed by atoms with E-state index in [2.05, 4.69) is 5.32 Å². The Morgan fingerprint density at radius 3 is 2.24 bits per heavy atom. The molecule has 0 saturated heterocycles. The molecule has 1 N–H and O–H groups in total. The Bertz CT molecular complexity index is 716. The van der Waals surface area contributed by atoms with E-state index in [4.69, 9.17) is 11.6 Å². The number of nitrogens with zero attached hydrogens (tertiary/aromatic N) is 1. The number of halogens is 1. The zero-order valence-electron chi connectivity index (χ0n) is 14.7. The van der Waals surface area contributed by atoms with Crippen LogP contribution >= 0.6 is 11.6 Å². The van der Waals surface area contributed by atoms with Crippen molar-refractivity contribution >= 4 is 23.4 Å². The summed E-state index contributed by atoms with van der Waals surface area (Å²) in [5.74, 6) is -0.197. The standard InChI is InChI=1S/C20H23ClN2O2/c1-14(22-20(25)17-7-5-4-6-8-17)13-19(24)23(3)15(2)16-9-11-18(21)12-10-16/h4-12,14-15H,13H2,1-3H3,(H,22,25). The third-order valence-corrected chi connectivity index (χ3v) is 4.47. The molecular formula is C20H23ClN2O2. The van der Waals surface area contributed by atoms with Crippen LogP contribution in [0.15, 0.2) is 54.6 Å². The van der Waals surface area contributed by atoms with Gasteiger partial charge in [0.1, 0.15) is 0 Å². The maximum Gasteiger partial charge on any atom is 0.251 e. The molecule has 0 aliphatic rings. The Kier molecular flexibility index (Phi) is 6.59. The van der Waals surface area contributed by atoms with Crippen LogP contribution < -0.4 is 5.32 Å². The van der Waals surface area contributed by atoms with Crippen LogP contribution in [-0.2, 0) is 4.79 Å². The van der Waals surface area contributed by atoms with Crippen molar-refractivity contribution in [3.63, 3.8) is 0 Å². The smallest absolute Gasteiger partial charge is 0.251 e. The highest BCUT2D eigenvalue weighted by Gasteiger charge is 2.20. The van der Waals surface area contributed by atoms with Gasteiger partial charge in [-0.15, -0.1) is 0 Å². The van der Waals surface area contributed by atoms with Crippen molar-refractivity contribution in [1.82, 2.24) is 10.2 Å². The minimum atomic E-state index is -0.250. The Morgan fingerprint density at radius 2 is 1.64 bits per heavy atom. The number of nitrogens with one attached hydrogen (secondary N) is 1. The van der Waals surface area contributed by atoms with Gasteiger partial charge < -0.3 is 10.2 Å². The molecular weight excluding hydrogens is 336 g/mol. The zero-order valence-corrected chi connectivity index (χ0v) is 15.5. The second-order valence-electron chi connectivity index (χ2n) is 6.18. The summed E-state index contributed by atoms with van der Waals surface area (Å²) in [4.78, 5) is 26.3. The number of carbonyl (C=O) groups excluding carboxylic acids is 2. The van der Waals surface area contributed by atoms with Gasteiger partial charge in [0.15, 0.2) is 0 Å². The predicted molar refractivity (Wildman–Crippen MR) is 101 cm³/mol. The maximum atomic E-state index is 12.5. The van der Waals surface area contributed by atoms with Gasteiger partial charge in [0.05, 0.1) is 6.04 Å². The zero-order chi connectivity index (χ0) is 18.4. The van der Waals surface area contributed by atoms with Crippen LogP contribution in [0, 0.1) is 0 Å². The molecule has 0 aliphatic heterocycles. The summed E-state index contributed by atoms with van der Waals surface area (Å²) in [6, 6.07) is 16.1. The van der Waals surface area contributed by atoms with Crippen LogP contribution in [0.2, 0.25) is 5.02 Å². The summed E-state index contributed by atoms with van der Waals surface area (Å²) in [6.07, 6.45) is 0.243. The average molecular weight is 359 g/mol. The molecule has 2 amide bonds. The van der Waals surface area contributed by atoms with Crippen molar-refractivity contribution < 1.29 is 9.59 Å².